The molecule has 5 atom stereocenters. The highest BCUT2D eigenvalue weighted by Crippen LogP contribution is 2.48. The topological polar surface area (TPSA) is 300 Å². The van der Waals surface area contributed by atoms with Crippen LogP contribution in [0, 0.1) is 66.6 Å². The smallest absolute Gasteiger partial charge is 0.291 e. The van der Waals surface area contributed by atoms with E-state index in [0.29, 0.717) is 92.7 Å². The van der Waals surface area contributed by atoms with Gasteiger partial charge in [0.15, 0.2) is 50.3 Å². The maximum atomic E-state index is 13.5. The van der Waals surface area contributed by atoms with Crippen LogP contribution in [-0.2, 0) is 0 Å². The number of hydrogen-bond donors (Lipinski definition) is 0. The lowest BCUT2D eigenvalue weighted by molar-refractivity contribution is 0.0933. The predicted molar refractivity (Wildman–Crippen MR) is 595 cm³/mol. The van der Waals surface area contributed by atoms with Crippen LogP contribution < -0.4 is 14.7 Å². The van der Waals surface area contributed by atoms with Gasteiger partial charge < -0.3 is 14.7 Å². The average molecular weight is 2010 g/mol. The van der Waals surface area contributed by atoms with E-state index in [0.717, 1.165) is 193 Å². The third-order valence-corrected chi connectivity index (χ3v) is 32.7. The Balaban J connectivity index is 0.000000193. The number of allylic oxidation sites excluding steroid dienone is 6. The average Bonchev–Trinajstić information content (AvgIpc) is 1.60. The minimum Gasteiger partial charge on any atom is -0.348 e. The molecule has 0 amide bonds. The van der Waals surface area contributed by atoms with Gasteiger partial charge in [-0.15, -0.1) is 15.3 Å². The van der Waals surface area contributed by atoms with Crippen LogP contribution in [0.2, 0.25) is 0 Å². The van der Waals surface area contributed by atoms with Gasteiger partial charge >= 0.3 is 0 Å². The van der Waals surface area contributed by atoms with Gasteiger partial charge in [-0.25, -0.2) is 44.9 Å². The lowest BCUT2D eigenvalue weighted by Gasteiger charge is -2.41. The van der Waals surface area contributed by atoms with Gasteiger partial charge in [-0.1, -0.05) is 374 Å². The number of rotatable bonds is 50. The zero-order valence-electron chi connectivity index (χ0n) is 89.9. The van der Waals surface area contributed by atoms with Crippen molar-refractivity contribution in [2.24, 2.45) is 26.8 Å². The fourth-order valence-corrected chi connectivity index (χ4v) is 23.5. The molecule has 0 N–H and O–H groups in total. The van der Waals surface area contributed by atoms with Gasteiger partial charge in [0.2, 0.25) is 0 Å². The van der Waals surface area contributed by atoms with Crippen LogP contribution in [0.5, 0.6) is 0 Å². The number of aromatic nitrogens is 12. The molecule has 24 nitrogen and oxygen atoms in total. The molecule has 14 rings (SSSR count). The van der Waals surface area contributed by atoms with Gasteiger partial charge in [0.05, 0.1) is 0 Å². The van der Waals surface area contributed by atoms with Crippen molar-refractivity contribution in [1.29, 1.82) is 15.8 Å². The number of hydrogen-bond acceptors (Lipinski definition) is 24. The van der Waals surface area contributed by atoms with Gasteiger partial charge in [0.1, 0.15) is 84.1 Å². The van der Waals surface area contributed by atoms with Crippen molar-refractivity contribution in [3.8, 4) is 52.0 Å². The summed E-state index contributed by atoms with van der Waals surface area (Å²) in [5.41, 5.74) is 12.4. The summed E-state index contributed by atoms with van der Waals surface area (Å²) in [4.78, 5) is 94.8. The molecular weight excluding hydrogens is 1840 g/mol. The number of aryl methyl sites for hydroxylation is 3. The summed E-state index contributed by atoms with van der Waals surface area (Å²) in [6.45, 7) is 42.2. The largest absolute Gasteiger partial charge is 0.348 e. The number of unbranched alkanes of at least 4 members (excludes halogenated alkanes) is 13. The van der Waals surface area contributed by atoms with Crippen LogP contribution in [0.25, 0.3) is 33.8 Å². The van der Waals surface area contributed by atoms with Crippen LogP contribution in [0.15, 0.2) is 121 Å². The minimum atomic E-state index is -0.437. The van der Waals surface area contributed by atoms with Crippen molar-refractivity contribution < 1.29 is 14.4 Å². The van der Waals surface area contributed by atoms with E-state index in [4.69, 9.17) is 55.1 Å². The number of carbonyl (C=O) groups is 3. The standard InChI is InChI=1S/C41H59N7OS.C39H55N7OS.C37H47N7OS/c1-9-15-18-30(12-4)26-47(27-31(13-5)19-16-10-2)41-44-36(33-23-21-28(7)22-24-33)39(50-41)43-35-29(8)34(25-42)40(49)48-38(35)45-37(46-48)32(14-6)20-17-11-3;1-7-11-14-16-17-19-26-45(25-18-15-12-8-2)39-42-34(31-23-21-28(5)22-24-31)37(48-39)41-33-29(6)32(27-40)38(47)46-36(33)43-35(44-46)30(10-4)20-13-9-3;1-5-7-14-26(6-2)33-41-34-31(25(4)30(23-38)36(45)44(34)42-33)39-35-32(27-21-19-24(3)20-22-27)40-37(46-35)43(28-15-10-8-11-16-28)29-17-12-9-13-18-29/h21-24,30-32H,9-20,26-27H2,1-8H3;21-24,30H,7-20,25-26H2,1-6H3;19-22,26,28-29H,5-18H2,1-4H3. The quantitative estimate of drug-likeness (QED) is 0.0320. The maximum absolute atomic E-state index is 13.5. The summed E-state index contributed by atoms with van der Waals surface area (Å²) in [5, 5.41) is 49.6. The molecular formula is C117H161N21O3S3. The van der Waals surface area contributed by atoms with Gasteiger partial charge in [0, 0.05) is 89.4 Å². The van der Waals surface area contributed by atoms with Crippen molar-refractivity contribution in [2.75, 3.05) is 40.9 Å². The molecule has 0 radical (unpaired) electrons. The molecule has 5 aliphatic rings. The third-order valence-electron chi connectivity index (χ3n) is 29.8. The van der Waals surface area contributed by atoms with Crippen molar-refractivity contribution >= 4 is 99.3 Å². The normalized spacial score (nSPS) is 16.4. The van der Waals surface area contributed by atoms with Crippen LogP contribution in [0.3, 0.4) is 0 Å². The van der Waals surface area contributed by atoms with E-state index in [1.54, 1.807) is 47.9 Å². The highest BCUT2D eigenvalue weighted by atomic mass is 32.1. The lowest BCUT2D eigenvalue weighted by atomic mass is 9.89. The molecule has 6 aromatic heterocycles. The Morgan fingerprint density at radius 3 is 0.938 bits per heavy atom. The van der Waals surface area contributed by atoms with Crippen molar-refractivity contribution in [3.63, 3.8) is 0 Å². The Hall–Kier alpha value is -10.9. The zero-order chi connectivity index (χ0) is 103. The molecule has 3 aliphatic heterocycles. The maximum Gasteiger partial charge on any atom is 0.291 e. The molecule has 2 aliphatic carbocycles. The fourth-order valence-electron chi connectivity index (χ4n) is 20.4. The monoisotopic (exact) mass is 2000 g/mol. The minimum absolute atomic E-state index is 0.0565. The molecule has 5 unspecified atom stereocenters. The lowest BCUT2D eigenvalue weighted by Crippen LogP contribution is -2.45. The Kier molecular flexibility index (Phi) is 43.6. The zero-order valence-corrected chi connectivity index (χ0v) is 92.4. The second kappa shape index (κ2) is 56.1. The highest BCUT2D eigenvalue weighted by molar-refractivity contribution is 7.20. The van der Waals surface area contributed by atoms with Crippen LogP contribution >= 0.6 is 34.0 Å². The van der Waals surface area contributed by atoms with Gasteiger partial charge in [-0.3, -0.25) is 14.4 Å². The molecule has 770 valence electrons. The second-order valence-corrected chi connectivity index (χ2v) is 43.5. The van der Waals surface area contributed by atoms with Crippen LogP contribution in [0.1, 0.15) is 444 Å². The number of thiazole rings is 3. The van der Waals surface area contributed by atoms with Crippen molar-refractivity contribution in [1.82, 2.24) is 59.2 Å². The number of anilines is 3. The molecule has 0 bridgehead atoms. The summed E-state index contributed by atoms with van der Waals surface area (Å²) in [7, 11) is 0. The van der Waals surface area contributed by atoms with Crippen molar-refractivity contribution in [2.45, 2.75) is 411 Å². The third kappa shape index (κ3) is 28.1. The molecule has 9 heterocycles. The van der Waals surface area contributed by atoms with E-state index in [1.165, 1.54) is 185 Å². The summed E-state index contributed by atoms with van der Waals surface area (Å²) in [6.07, 6.45) is 46.3. The van der Waals surface area contributed by atoms with E-state index < -0.39 is 17.7 Å². The Morgan fingerprint density at radius 1 is 0.347 bits per heavy atom. The first-order chi connectivity index (χ1) is 70.0. The predicted octanol–water partition coefficient (Wildman–Crippen LogP) is 31.5. The number of nitrogens with zero attached hydrogens (tertiary/aromatic N) is 21. The molecule has 2 fully saturated rings. The Morgan fingerprint density at radius 2 is 0.632 bits per heavy atom. The molecule has 144 heavy (non-hydrogen) atoms. The van der Waals surface area contributed by atoms with E-state index in [-0.39, 0.29) is 34.5 Å². The fraction of sp³-hybridized carbons (Fsp3) is 0.590. The SMILES string of the molecule is CCCCC(CC)CN(CC(CC)CCCC)c1nc(-c2ccc(C)cc2)c(N=C2C(C)=C(C#N)C(=O)n3nc(C(CC)CCCC)nc32)s1.CCCCC(CC)c1nc2n(n1)C(=O)C(C#N)=C(C)C2=Nc1sc(N(C2CCCCC2)C2CCCCC2)nc1-c1ccc(C)cc1.CCCCCCCCN(CCCCCC)c1nc(-c2ccc(C)cc2)c(N=C2C(C)=C(C#N)C(=O)n3nc(C(CC)CCCC)nc32)s1. The second-order valence-electron chi connectivity index (χ2n) is 40.6. The summed E-state index contributed by atoms with van der Waals surface area (Å²) in [5.74, 6) is 3.50. The van der Waals surface area contributed by atoms with Crippen LogP contribution in [0.4, 0.5) is 30.4 Å². The molecule has 0 spiro atoms. The molecule has 9 aromatic rings. The van der Waals surface area contributed by atoms with Crippen molar-refractivity contribution in [3.05, 3.63) is 158 Å². The Labute approximate surface area is 871 Å². The van der Waals surface area contributed by atoms with E-state index in [1.807, 2.05) is 6.92 Å². The van der Waals surface area contributed by atoms with E-state index >= 15 is 0 Å². The molecule has 3 aromatic carbocycles. The van der Waals surface area contributed by atoms with Gasteiger partial charge in [-0.2, -0.15) is 29.8 Å². The highest BCUT2D eigenvalue weighted by Gasteiger charge is 2.40. The van der Waals surface area contributed by atoms with E-state index in [9.17, 15) is 30.2 Å². The summed E-state index contributed by atoms with van der Waals surface area (Å²) < 4.78 is 3.94. The van der Waals surface area contributed by atoms with Gasteiger partial charge in [0.25, 0.3) is 17.7 Å². The van der Waals surface area contributed by atoms with Gasteiger partial charge in [-0.05, 0) is 143 Å². The number of fused-ring (bicyclic) bond motifs is 3. The summed E-state index contributed by atoms with van der Waals surface area (Å²) >= 11 is 4.84. The molecule has 27 heteroatoms. The first-order valence-corrected chi connectivity index (χ1v) is 57.6. The molecule has 2 saturated carbocycles. The number of aliphatic imine (C=N–C) groups is 3. The molecule has 0 saturated heterocycles. The number of carbonyl (C=O) groups excluding carboxylic acids is 3. The number of benzene rings is 3. The summed E-state index contributed by atoms with van der Waals surface area (Å²) in [6, 6.07) is 32.8. The number of nitriles is 3. The van der Waals surface area contributed by atoms with E-state index in [2.05, 4.69) is 215 Å². The first kappa shape index (κ1) is 112. The first-order valence-electron chi connectivity index (χ1n) is 55.2. The van der Waals surface area contributed by atoms with Crippen LogP contribution in [-0.4, -0.2) is 132 Å². The Bertz CT molecular complexity index is 6020.